The number of carbonyl (C=O) groups is 2. The van der Waals surface area contributed by atoms with Crippen LogP contribution >= 0.6 is 15.9 Å². The van der Waals surface area contributed by atoms with Crippen LogP contribution in [0.15, 0.2) is 28.7 Å². The number of halogens is 1. The van der Waals surface area contributed by atoms with E-state index in [-0.39, 0.29) is 12.1 Å². The van der Waals surface area contributed by atoms with E-state index in [9.17, 15) is 9.59 Å². The molecule has 1 amide bonds. The molecule has 0 radical (unpaired) electrons. The summed E-state index contributed by atoms with van der Waals surface area (Å²) in [5, 5.41) is 0. The minimum Gasteiger partial charge on any atom is -0.468 e. The maximum absolute atomic E-state index is 12.5. The molecule has 0 aromatic heterocycles. The first kappa shape index (κ1) is 18.8. The molecule has 0 saturated carbocycles. The Morgan fingerprint density at radius 3 is 2.12 bits per heavy atom. The largest absolute Gasteiger partial charge is 0.468 e. The van der Waals surface area contributed by atoms with Crippen molar-refractivity contribution < 1.29 is 19.1 Å². The van der Waals surface area contributed by atoms with Gasteiger partial charge in [-0.05, 0) is 51.3 Å². The second kappa shape index (κ2) is 7.13. The maximum Gasteiger partial charge on any atom is 0.410 e. The lowest BCUT2D eigenvalue weighted by atomic mass is 9.73. The van der Waals surface area contributed by atoms with Gasteiger partial charge in [0.25, 0.3) is 0 Å². The minimum absolute atomic E-state index is 0.256. The summed E-state index contributed by atoms with van der Waals surface area (Å²) in [5.74, 6) is -0.256. The fourth-order valence-corrected chi connectivity index (χ4v) is 3.24. The van der Waals surface area contributed by atoms with Crippen molar-refractivity contribution in [2.24, 2.45) is 0 Å². The number of ether oxygens (including phenoxy) is 2. The molecule has 0 unspecified atom stereocenters. The highest BCUT2D eigenvalue weighted by Crippen LogP contribution is 2.37. The monoisotopic (exact) mass is 397 g/mol. The van der Waals surface area contributed by atoms with Crippen LogP contribution in [0.1, 0.15) is 39.2 Å². The van der Waals surface area contributed by atoms with Crippen LogP contribution in [-0.4, -0.2) is 42.8 Å². The number of benzene rings is 1. The zero-order valence-electron chi connectivity index (χ0n) is 14.6. The number of rotatable bonds is 2. The molecule has 24 heavy (non-hydrogen) atoms. The normalized spacial score (nSPS) is 17.3. The third-order valence-electron chi connectivity index (χ3n) is 4.24. The van der Waals surface area contributed by atoms with E-state index in [2.05, 4.69) is 15.9 Å². The number of nitrogens with zero attached hydrogens (tertiary/aromatic N) is 1. The van der Waals surface area contributed by atoms with Gasteiger partial charge < -0.3 is 14.4 Å². The van der Waals surface area contributed by atoms with Gasteiger partial charge in [-0.25, -0.2) is 4.79 Å². The number of amides is 1. The van der Waals surface area contributed by atoms with Crippen molar-refractivity contribution in [3.05, 3.63) is 34.3 Å². The number of methoxy groups -OCH3 is 1. The van der Waals surface area contributed by atoms with Crippen molar-refractivity contribution in [1.29, 1.82) is 0 Å². The van der Waals surface area contributed by atoms with Crippen molar-refractivity contribution in [3.63, 3.8) is 0 Å². The van der Waals surface area contributed by atoms with E-state index >= 15 is 0 Å². The summed E-state index contributed by atoms with van der Waals surface area (Å²) >= 11 is 3.41. The van der Waals surface area contributed by atoms with E-state index < -0.39 is 11.0 Å². The second-order valence-electron chi connectivity index (χ2n) is 7.05. The Hall–Kier alpha value is -1.56. The molecule has 1 heterocycles. The van der Waals surface area contributed by atoms with Crippen LogP contribution < -0.4 is 0 Å². The molecule has 1 saturated heterocycles. The minimum atomic E-state index is -0.714. The van der Waals surface area contributed by atoms with Gasteiger partial charge >= 0.3 is 12.1 Å². The zero-order valence-corrected chi connectivity index (χ0v) is 16.2. The number of piperidine rings is 1. The van der Waals surface area contributed by atoms with Gasteiger partial charge in [0.15, 0.2) is 0 Å². The lowest BCUT2D eigenvalue weighted by molar-refractivity contribution is -0.149. The third-order valence-corrected chi connectivity index (χ3v) is 4.77. The molecule has 1 aliphatic rings. The van der Waals surface area contributed by atoms with Gasteiger partial charge in [-0.2, -0.15) is 0 Å². The highest BCUT2D eigenvalue weighted by atomic mass is 79.9. The Morgan fingerprint density at radius 2 is 1.67 bits per heavy atom. The summed E-state index contributed by atoms with van der Waals surface area (Å²) in [6.45, 7) is 6.44. The predicted molar refractivity (Wildman–Crippen MR) is 94.9 cm³/mol. The van der Waals surface area contributed by atoms with E-state index in [4.69, 9.17) is 9.47 Å². The number of carbonyl (C=O) groups excluding carboxylic acids is 2. The summed E-state index contributed by atoms with van der Waals surface area (Å²) in [6, 6.07) is 7.70. The molecule has 2 rings (SSSR count). The van der Waals surface area contributed by atoms with E-state index in [1.54, 1.807) is 4.90 Å². The summed E-state index contributed by atoms with van der Waals surface area (Å²) in [7, 11) is 1.41. The van der Waals surface area contributed by atoms with Crippen molar-refractivity contribution in [1.82, 2.24) is 4.90 Å². The molecule has 0 bridgehead atoms. The van der Waals surface area contributed by atoms with Crippen LogP contribution in [0.2, 0.25) is 0 Å². The first-order valence-electron chi connectivity index (χ1n) is 8.00. The van der Waals surface area contributed by atoms with Gasteiger partial charge in [-0.3, -0.25) is 4.79 Å². The number of hydrogen-bond donors (Lipinski definition) is 0. The van der Waals surface area contributed by atoms with Crippen molar-refractivity contribution >= 4 is 28.0 Å². The predicted octanol–water partition coefficient (Wildman–Crippen LogP) is 3.89. The van der Waals surface area contributed by atoms with Crippen LogP contribution in [-0.2, 0) is 19.7 Å². The highest BCUT2D eigenvalue weighted by molar-refractivity contribution is 9.10. The van der Waals surface area contributed by atoms with Gasteiger partial charge in [0.1, 0.15) is 5.60 Å². The van der Waals surface area contributed by atoms with Crippen LogP contribution in [0.4, 0.5) is 4.79 Å². The average Bonchev–Trinajstić information content (AvgIpc) is 2.53. The van der Waals surface area contributed by atoms with Gasteiger partial charge in [0.2, 0.25) is 0 Å². The standard InChI is InChI=1S/C18H24BrNO4/c1-17(2,3)24-16(22)20-11-9-18(10-12-20,15(21)23-4)13-5-7-14(19)8-6-13/h5-8H,9-12H2,1-4H3. The van der Waals surface area contributed by atoms with Crippen LogP contribution in [0.5, 0.6) is 0 Å². The first-order chi connectivity index (χ1) is 11.2. The fourth-order valence-electron chi connectivity index (χ4n) is 2.97. The third kappa shape index (κ3) is 4.09. The second-order valence-corrected chi connectivity index (χ2v) is 7.96. The number of esters is 1. The molecular weight excluding hydrogens is 374 g/mol. The summed E-state index contributed by atoms with van der Waals surface area (Å²) in [6.07, 6.45) is 0.693. The fraction of sp³-hybridized carbons (Fsp3) is 0.556. The molecule has 1 aromatic rings. The molecular formula is C18H24BrNO4. The smallest absolute Gasteiger partial charge is 0.410 e. The molecule has 132 valence electrons. The molecule has 5 nitrogen and oxygen atoms in total. The van der Waals surface area contributed by atoms with Crippen molar-refractivity contribution in [3.8, 4) is 0 Å². The molecule has 6 heteroatoms. The highest BCUT2D eigenvalue weighted by Gasteiger charge is 2.45. The summed E-state index contributed by atoms with van der Waals surface area (Å²) in [5.41, 5.74) is -0.324. The maximum atomic E-state index is 12.5. The summed E-state index contributed by atoms with van der Waals surface area (Å²) < 4.78 is 11.4. The molecule has 1 fully saturated rings. The topological polar surface area (TPSA) is 55.8 Å². The Balaban J connectivity index is 2.18. The van der Waals surface area contributed by atoms with Crippen molar-refractivity contribution in [2.45, 2.75) is 44.6 Å². The zero-order chi connectivity index (χ0) is 18.0. The van der Waals surface area contributed by atoms with Crippen LogP contribution in [0.3, 0.4) is 0 Å². The van der Waals surface area contributed by atoms with Crippen LogP contribution in [0, 0.1) is 0 Å². The molecule has 0 spiro atoms. The SMILES string of the molecule is COC(=O)C1(c2ccc(Br)cc2)CCN(C(=O)OC(C)(C)C)CC1. The van der Waals surface area contributed by atoms with Gasteiger partial charge in [0, 0.05) is 17.6 Å². The molecule has 0 aliphatic carbocycles. The van der Waals surface area contributed by atoms with E-state index in [0.717, 1.165) is 10.0 Å². The van der Waals surface area contributed by atoms with Crippen LogP contribution in [0.25, 0.3) is 0 Å². The summed E-state index contributed by atoms with van der Waals surface area (Å²) in [4.78, 5) is 26.4. The number of likely N-dealkylation sites (tertiary alicyclic amines) is 1. The quantitative estimate of drug-likeness (QED) is 0.710. The Kier molecular flexibility index (Phi) is 5.58. The van der Waals surface area contributed by atoms with Crippen molar-refractivity contribution in [2.75, 3.05) is 20.2 Å². The molecule has 1 aliphatic heterocycles. The lowest BCUT2D eigenvalue weighted by Gasteiger charge is -2.40. The Bertz CT molecular complexity index is 598. The molecule has 1 aromatic carbocycles. The van der Waals surface area contributed by atoms with E-state index in [0.29, 0.717) is 25.9 Å². The average molecular weight is 398 g/mol. The van der Waals surface area contributed by atoms with E-state index in [1.807, 2.05) is 45.0 Å². The Morgan fingerprint density at radius 1 is 1.12 bits per heavy atom. The van der Waals surface area contributed by atoms with Gasteiger partial charge in [-0.15, -0.1) is 0 Å². The first-order valence-corrected chi connectivity index (χ1v) is 8.80. The van der Waals surface area contributed by atoms with Gasteiger partial charge in [-0.1, -0.05) is 28.1 Å². The lowest BCUT2D eigenvalue weighted by Crippen LogP contribution is -2.50. The Labute approximate surface area is 151 Å². The molecule has 0 N–H and O–H groups in total. The molecule has 0 atom stereocenters. The van der Waals surface area contributed by atoms with Gasteiger partial charge in [0.05, 0.1) is 12.5 Å². The number of hydrogen-bond acceptors (Lipinski definition) is 4. The van der Waals surface area contributed by atoms with E-state index in [1.165, 1.54) is 7.11 Å².